The van der Waals surface area contributed by atoms with Crippen LogP contribution in [0.15, 0.2) is 70.8 Å². The van der Waals surface area contributed by atoms with Gasteiger partial charge in [0.25, 0.3) is 5.91 Å². The molecule has 0 bridgehead atoms. The number of aromatic nitrogens is 1. The van der Waals surface area contributed by atoms with E-state index in [4.69, 9.17) is 27.6 Å². The summed E-state index contributed by atoms with van der Waals surface area (Å²) in [5.41, 5.74) is 1.37. The Hall–Kier alpha value is -3.44. The molecule has 0 unspecified atom stereocenters. The summed E-state index contributed by atoms with van der Waals surface area (Å²) in [6.07, 6.45) is 3.48. The quantitative estimate of drug-likeness (QED) is 0.230. The Morgan fingerprint density at radius 2 is 1.97 bits per heavy atom. The van der Waals surface area contributed by atoms with Crippen LogP contribution in [0.25, 0.3) is 17.4 Å². The molecule has 0 radical (unpaired) electrons. The number of amides is 1. The fourth-order valence-corrected chi connectivity index (χ4v) is 4.18. The van der Waals surface area contributed by atoms with E-state index >= 15 is 0 Å². The number of halogens is 3. The third kappa shape index (κ3) is 5.68. The first kappa shape index (κ1) is 22.7. The molecule has 9 heteroatoms. The highest BCUT2D eigenvalue weighted by Gasteiger charge is 2.14. The number of thiazole rings is 1. The molecule has 4 rings (SSSR count). The Bertz CT molecular complexity index is 1390. The van der Waals surface area contributed by atoms with E-state index in [1.807, 2.05) is 6.07 Å². The molecule has 0 spiro atoms. The van der Waals surface area contributed by atoms with E-state index in [2.05, 4.69) is 10.3 Å². The number of anilines is 1. The lowest BCUT2D eigenvalue weighted by Crippen LogP contribution is -2.13. The number of hydrogen-bond donors (Lipinski definition) is 1. The molecule has 2 aromatic heterocycles. The van der Waals surface area contributed by atoms with Crippen molar-refractivity contribution < 1.29 is 13.6 Å². The monoisotopic (exact) mass is 497 g/mol. The van der Waals surface area contributed by atoms with Crippen molar-refractivity contribution >= 4 is 51.7 Å². The summed E-state index contributed by atoms with van der Waals surface area (Å²) in [6.45, 7) is 0. The number of hydrogen-bond acceptors (Lipinski definition) is 5. The molecule has 5 nitrogen and oxygen atoms in total. The lowest BCUT2D eigenvalue weighted by atomic mass is 10.1. The fraction of sp³-hybridized carbons (Fsp3) is 0.0417. The van der Waals surface area contributed by atoms with Crippen molar-refractivity contribution in [3.8, 4) is 17.4 Å². The summed E-state index contributed by atoms with van der Waals surface area (Å²) < 4.78 is 18.8. The van der Waals surface area contributed by atoms with Gasteiger partial charge in [-0.05, 0) is 60.2 Å². The molecule has 0 saturated heterocycles. The van der Waals surface area contributed by atoms with Crippen LogP contribution in [0.2, 0.25) is 10.0 Å². The zero-order chi connectivity index (χ0) is 23.4. The van der Waals surface area contributed by atoms with Crippen LogP contribution in [0.4, 0.5) is 9.52 Å². The highest BCUT2D eigenvalue weighted by Crippen LogP contribution is 2.28. The number of furan rings is 1. The van der Waals surface area contributed by atoms with E-state index in [1.54, 1.807) is 48.7 Å². The number of nitriles is 1. The average Bonchev–Trinajstić information content (AvgIpc) is 3.44. The molecule has 0 atom stereocenters. The maximum absolute atomic E-state index is 13.1. The minimum absolute atomic E-state index is 0.148. The van der Waals surface area contributed by atoms with Crippen LogP contribution >= 0.6 is 34.5 Å². The van der Waals surface area contributed by atoms with E-state index < -0.39 is 5.91 Å². The Balaban J connectivity index is 1.45. The summed E-state index contributed by atoms with van der Waals surface area (Å²) in [5, 5.41) is 13.6. The molecule has 2 heterocycles. The first-order chi connectivity index (χ1) is 15.9. The molecule has 164 valence electrons. The molecule has 1 amide bonds. The number of carbonyl (C=O) groups excluding carboxylic acids is 1. The van der Waals surface area contributed by atoms with Crippen LogP contribution < -0.4 is 5.32 Å². The van der Waals surface area contributed by atoms with Gasteiger partial charge in [-0.1, -0.05) is 23.2 Å². The maximum Gasteiger partial charge on any atom is 0.268 e. The molecule has 0 fully saturated rings. The number of benzene rings is 2. The number of rotatable bonds is 6. The minimum Gasteiger partial charge on any atom is -0.457 e. The van der Waals surface area contributed by atoms with Crippen molar-refractivity contribution in [3.63, 3.8) is 0 Å². The summed E-state index contributed by atoms with van der Waals surface area (Å²) in [6, 6.07) is 16.2. The predicted octanol–water partition coefficient (Wildman–Crippen LogP) is 6.99. The summed E-state index contributed by atoms with van der Waals surface area (Å²) >= 11 is 13.5. The number of nitrogens with one attached hydrogen (secondary N) is 1. The predicted molar refractivity (Wildman–Crippen MR) is 128 cm³/mol. The standard InChI is InChI=1S/C24H14Cl2FN3O2S/c25-17-3-7-21(26)15(9-17)11-20-13-29-24(33-20)30-23(31)16(12-28)10-19-6-8-22(32-19)14-1-4-18(27)5-2-14/h1-10,13H,11H2,(H,29,30,31). The van der Waals surface area contributed by atoms with Crippen LogP contribution in [0.1, 0.15) is 16.2 Å². The van der Waals surface area contributed by atoms with Crippen LogP contribution in [-0.4, -0.2) is 10.9 Å². The largest absolute Gasteiger partial charge is 0.457 e. The Kier molecular flexibility index (Phi) is 6.90. The Morgan fingerprint density at radius 1 is 1.18 bits per heavy atom. The lowest BCUT2D eigenvalue weighted by molar-refractivity contribution is -0.112. The van der Waals surface area contributed by atoms with Gasteiger partial charge < -0.3 is 4.42 Å². The lowest BCUT2D eigenvalue weighted by Gasteiger charge is -2.02. The molecule has 1 N–H and O–H groups in total. The van der Waals surface area contributed by atoms with Crippen molar-refractivity contribution in [2.75, 3.05) is 5.32 Å². The smallest absolute Gasteiger partial charge is 0.268 e. The summed E-state index contributed by atoms with van der Waals surface area (Å²) in [5.74, 6) is -0.159. The molecule has 0 aliphatic heterocycles. The van der Waals surface area contributed by atoms with Crippen molar-refractivity contribution in [2.45, 2.75) is 6.42 Å². The highest BCUT2D eigenvalue weighted by molar-refractivity contribution is 7.15. The van der Waals surface area contributed by atoms with E-state index in [0.717, 1.165) is 10.4 Å². The van der Waals surface area contributed by atoms with Gasteiger partial charge in [-0.25, -0.2) is 9.37 Å². The number of carbonyl (C=O) groups is 1. The molecule has 4 aromatic rings. The van der Waals surface area contributed by atoms with Crippen LogP contribution in [-0.2, 0) is 11.2 Å². The van der Waals surface area contributed by atoms with Gasteiger partial charge in [-0.15, -0.1) is 11.3 Å². The third-order valence-corrected chi connectivity index (χ3v) is 6.07. The van der Waals surface area contributed by atoms with E-state index in [0.29, 0.717) is 38.7 Å². The van der Waals surface area contributed by atoms with Gasteiger partial charge in [0.05, 0.1) is 0 Å². The second-order valence-corrected chi connectivity index (χ2v) is 8.84. The maximum atomic E-state index is 13.1. The SMILES string of the molecule is N#CC(=Cc1ccc(-c2ccc(F)cc2)o1)C(=O)Nc1ncc(Cc2cc(Cl)ccc2Cl)s1. The first-order valence-corrected chi connectivity index (χ1v) is 11.2. The van der Waals surface area contributed by atoms with Gasteiger partial charge in [0.15, 0.2) is 5.13 Å². The summed E-state index contributed by atoms with van der Waals surface area (Å²) in [4.78, 5) is 17.6. The second-order valence-electron chi connectivity index (χ2n) is 6.88. The van der Waals surface area contributed by atoms with Gasteiger partial charge in [-0.2, -0.15) is 5.26 Å². The first-order valence-electron chi connectivity index (χ1n) is 9.59. The van der Waals surface area contributed by atoms with E-state index in [1.165, 1.54) is 29.5 Å². The van der Waals surface area contributed by atoms with Crippen molar-refractivity contribution in [2.24, 2.45) is 0 Å². The van der Waals surface area contributed by atoms with Gasteiger partial charge >= 0.3 is 0 Å². The normalized spacial score (nSPS) is 11.3. The molecular weight excluding hydrogens is 484 g/mol. The van der Waals surface area contributed by atoms with E-state index in [9.17, 15) is 14.4 Å². The van der Waals surface area contributed by atoms with Crippen LogP contribution in [0.5, 0.6) is 0 Å². The minimum atomic E-state index is -0.612. The number of nitrogens with zero attached hydrogens (tertiary/aromatic N) is 2. The van der Waals surface area contributed by atoms with Gasteiger partial charge in [0, 0.05) is 39.2 Å². The third-order valence-electron chi connectivity index (χ3n) is 4.55. The van der Waals surface area contributed by atoms with Crippen LogP contribution in [0.3, 0.4) is 0 Å². The zero-order valence-corrected chi connectivity index (χ0v) is 19.1. The Labute approximate surface area is 202 Å². The molecular formula is C24H14Cl2FN3O2S. The highest BCUT2D eigenvalue weighted by atomic mass is 35.5. The summed E-state index contributed by atoms with van der Waals surface area (Å²) in [7, 11) is 0. The van der Waals surface area contributed by atoms with Crippen molar-refractivity contribution in [3.05, 3.63) is 98.4 Å². The van der Waals surface area contributed by atoms with Crippen molar-refractivity contribution in [1.29, 1.82) is 5.26 Å². The zero-order valence-electron chi connectivity index (χ0n) is 16.8. The van der Waals surface area contributed by atoms with E-state index in [-0.39, 0.29) is 11.4 Å². The molecule has 2 aromatic carbocycles. The fourth-order valence-electron chi connectivity index (χ4n) is 2.97. The topological polar surface area (TPSA) is 78.9 Å². The van der Waals surface area contributed by atoms with Gasteiger partial charge in [-0.3, -0.25) is 10.1 Å². The van der Waals surface area contributed by atoms with Gasteiger partial charge in [0.1, 0.15) is 29.0 Å². The van der Waals surface area contributed by atoms with Crippen molar-refractivity contribution in [1.82, 2.24) is 4.98 Å². The van der Waals surface area contributed by atoms with Gasteiger partial charge in [0.2, 0.25) is 0 Å². The molecule has 33 heavy (non-hydrogen) atoms. The second kappa shape index (κ2) is 10.0. The molecule has 0 saturated carbocycles. The molecule has 0 aliphatic carbocycles. The average molecular weight is 498 g/mol. The molecule has 0 aliphatic rings. The van der Waals surface area contributed by atoms with Crippen LogP contribution in [0, 0.1) is 17.1 Å². The Morgan fingerprint density at radius 3 is 2.73 bits per heavy atom.